The molecule has 28 heavy (non-hydrogen) atoms. The van der Waals surface area contributed by atoms with E-state index in [0.29, 0.717) is 23.0 Å². The van der Waals surface area contributed by atoms with Gasteiger partial charge in [-0.2, -0.15) is 4.37 Å². The summed E-state index contributed by atoms with van der Waals surface area (Å²) in [4.78, 5) is 31.6. The second kappa shape index (κ2) is 7.97. The minimum atomic E-state index is -0.169. The summed E-state index contributed by atoms with van der Waals surface area (Å²) in [7, 11) is 0. The normalized spacial score (nSPS) is 17.2. The van der Waals surface area contributed by atoms with Gasteiger partial charge in [0.1, 0.15) is 4.88 Å². The van der Waals surface area contributed by atoms with E-state index in [0.717, 1.165) is 56.2 Å². The van der Waals surface area contributed by atoms with Gasteiger partial charge in [0.15, 0.2) is 5.69 Å². The van der Waals surface area contributed by atoms with Crippen molar-refractivity contribution in [3.63, 3.8) is 0 Å². The fourth-order valence-corrected chi connectivity index (χ4v) is 4.53. The van der Waals surface area contributed by atoms with Crippen molar-refractivity contribution in [3.8, 4) is 0 Å². The quantitative estimate of drug-likeness (QED) is 0.826. The number of hydrogen-bond acceptors (Lipinski definition) is 6. The van der Waals surface area contributed by atoms with E-state index in [2.05, 4.69) is 9.27 Å². The summed E-state index contributed by atoms with van der Waals surface area (Å²) in [5.41, 5.74) is 7.66. The Morgan fingerprint density at radius 1 is 0.929 bits per heavy atom. The van der Waals surface area contributed by atoms with Crippen LogP contribution < -0.4 is 10.6 Å². The van der Waals surface area contributed by atoms with Crippen LogP contribution in [0.25, 0.3) is 0 Å². The number of aromatic nitrogens is 1. The molecule has 4 rings (SSSR count). The number of carbonyl (C=O) groups is 2. The smallest absolute Gasteiger partial charge is 0.275 e. The molecule has 0 aliphatic carbocycles. The molecule has 0 radical (unpaired) electrons. The predicted octanol–water partition coefficient (Wildman–Crippen LogP) is 2.58. The summed E-state index contributed by atoms with van der Waals surface area (Å²) in [5.74, 6) is -0.316. The molecule has 1 aromatic carbocycles. The predicted molar refractivity (Wildman–Crippen MR) is 111 cm³/mol. The number of hydrogen-bond donors (Lipinski definition) is 1. The zero-order chi connectivity index (χ0) is 19.7. The zero-order valence-electron chi connectivity index (χ0n) is 15.4. The SMILES string of the molecule is Nc1c(C(=O)N2CCCC2)nsc1C(=O)N1CCN(c2ccc(Cl)cc2)CC1. The van der Waals surface area contributed by atoms with Crippen LogP contribution in [-0.2, 0) is 0 Å². The lowest BCUT2D eigenvalue weighted by molar-refractivity contribution is 0.0752. The van der Waals surface area contributed by atoms with Gasteiger partial charge in [-0.25, -0.2) is 0 Å². The van der Waals surface area contributed by atoms with Crippen LogP contribution in [0.4, 0.5) is 11.4 Å². The Morgan fingerprint density at radius 2 is 1.54 bits per heavy atom. The Kier molecular flexibility index (Phi) is 5.41. The second-order valence-electron chi connectivity index (χ2n) is 7.03. The molecule has 1 aromatic heterocycles. The molecule has 0 spiro atoms. The van der Waals surface area contributed by atoms with Crippen molar-refractivity contribution < 1.29 is 9.59 Å². The Morgan fingerprint density at radius 3 is 2.18 bits per heavy atom. The molecule has 2 aromatic rings. The Balaban J connectivity index is 1.41. The summed E-state index contributed by atoms with van der Waals surface area (Å²) in [6.45, 7) is 4.09. The average molecular weight is 420 g/mol. The maximum Gasteiger partial charge on any atom is 0.275 e. The van der Waals surface area contributed by atoms with Gasteiger partial charge in [0.05, 0.1) is 5.69 Å². The zero-order valence-corrected chi connectivity index (χ0v) is 17.0. The van der Waals surface area contributed by atoms with Gasteiger partial charge in [0.2, 0.25) is 0 Å². The minimum absolute atomic E-state index is 0.147. The van der Waals surface area contributed by atoms with Crippen LogP contribution in [0, 0.1) is 0 Å². The molecule has 2 saturated heterocycles. The highest BCUT2D eigenvalue weighted by molar-refractivity contribution is 7.09. The summed E-state index contributed by atoms with van der Waals surface area (Å²) >= 11 is 6.97. The van der Waals surface area contributed by atoms with E-state index in [1.165, 1.54) is 0 Å². The van der Waals surface area contributed by atoms with Crippen molar-refractivity contribution in [1.82, 2.24) is 14.2 Å². The van der Waals surface area contributed by atoms with Gasteiger partial charge in [-0.3, -0.25) is 9.59 Å². The van der Waals surface area contributed by atoms with Gasteiger partial charge in [-0.15, -0.1) is 0 Å². The standard InChI is InChI=1S/C19H22ClN5O2S/c20-13-3-5-14(6-4-13)23-9-11-25(12-10-23)19(27)17-15(21)16(22-28-17)18(26)24-7-1-2-8-24/h3-6H,1-2,7-12,21H2. The number of amides is 2. The van der Waals surface area contributed by atoms with Crippen LogP contribution in [0.15, 0.2) is 24.3 Å². The number of nitrogen functional groups attached to an aromatic ring is 1. The monoisotopic (exact) mass is 419 g/mol. The number of halogens is 1. The Bertz CT molecular complexity index is 871. The number of benzene rings is 1. The van der Waals surface area contributed by atoms with Crippen molar-refractivity contribution in [2.75, 3.05) is 49.9 Å². The first-order valence-corrected chi connectivity index (χ1v) is 10.5. The first-order valence-electron chi connectivity index (χ1n) is 9.39. The minimum Gasteiger partial charge on any atom is -0.395 e. The second-order valence-corrected chi connectivity index (χ2v) is 8.24. The molecule has 0 atom stereocenters. The van der Waals surface area contributed by atoms with Crippen molar-refractivity contribution in [2.45, 2.75) is 12.8 Å². The number of rotatable bonds is 3. The molecule has 148 valence electrons. The molecule has 0 bridgehead atoms. The molecular weight excluding hydrogens is 398 g/mol. The summed E-state index contributed by atoms with van der Waals surface area (Å²) in [5, 5.41) is 0.706. The summed E-state index contributed by atoms with van der Waals surface area (Å²) in [6, 6.07) is 7.70. The maximum atomic E-state index is 12.9. The van der Waals surface area contributed by atoms with Gasteiger partial charge in [-0.05, 0) is 48.6 Å². The lowest BCUT2D eigenvalue weighted by atomic mass is 10.2. The third-order valence-electron chi connectivity index (χ3n) is 5.28. The largest absolute Gasteiger partial charge is 0.395 e. The number of carbonyl (C=O) groups excluding carboxylic acids is 2. The summed E-state index contributed by atoms with van der Waals surface area (Å²) in [6.07, 6.45) is 2.00. The Hall–Kier alpha value is -2.32. The lowest BCUT2D eigenvalue weighted by Gasteiger charge is -2.36. The van der Waals surface area contributed by atoms with Gasteiger partial charge in [0, 0.05) is 50.0 Å². The van der Waals surface area contributed by atoms with E-state index in [-0.39, 0.29) is 23.2 Å². The number of likely N-dealkylation sites (tertiary alicyclic amines) is 1. The van der Waals surface area contributed by atoms with Gasteiger partial charge in [0.25, 0.3) is 11.8 Å². The molecule has 2 aliphatic rings. The maximum absolute atomic E-state index is 12.9. The molecule has 2 amide bonds. The van der Waals surface area contributed by atoms with E-state index < -0.39 is 0 Å². The molecule has 0 saturated carbocycles. The highest BCUT2D eigenvalue weighted by atomic mass is 35.5. The molecule has 0 unspecified atom stereocenters. The number of piperazine rings is 1. The number of nitrogens with zero attached hydrogens (tertiary/aromatic N) is 4. The number of nitrogens with two attached hydrogens (primary N) is 1. The highest BCUT2D eigenvalue weighted by Gasteiger charge is 2.30. The van der Waals surface area contributed by atoms with E-state index in [1.54, 1.807) is 9.80 Å². The van der Waals surface area contributed by atoms with E-state index >= 15 is 0 Å². The van der Waals surface area contributed by atoms with Crippen LogP contribution in [0.5, 0.6) is 0 Å². The first-order chi connectivity index (χ1) is 13.5. The van der Waals surface area contributed by atoms with Crippen molar-refractivity contribution in [3.05, 3.63) is 39.9 Å². The van der Waals surface area contributed by atoms with Crippen molar-refractivity contribution >= 4 is 46.3 Å². The molecular formula is C19H22ClN5O2S. The highest BCUT2D eigenvalue weighted by Crippen LogP contribution is 2.27. The van der Waals surface area contributed by atoms with Crippen molar-refractivity contribution in [2.24, 2.45) is 0 Å². The van der Waals surface area contributed by atoms with Crippen molar-refractivity contribution in [1.29, 1.82) is 0 Å². The van der Waals surface area contributed by atoms with Gasteiger partial charge < -0.3 is 20.4 Å². The third-order valence-corrected chi connectivity index (χ3v) is 6.38. The molecule has 2 aliphatic heterocycles. The van der Waals surface area contributed by atoms with Crippen LogP contribution >= 0.6 is 23.1 Å². The molecule has 9 heteroatoms. The fraction of sp³-hybridized carbons (Fsp3) is 0.421. The molecule has 7 nitrogen and oxygen atoms in total. The van der Waals surface area contributed by atoms with Crippen LogP contribution in [-0.4, -0.2) is 65.3 Å². The summed E-state index contributed by atoms with van der Waals surface area (Å²) < 4.78 is 4.20. The Labute approximate surface area is 172 Å². The average Bonchev–Trinajstić information content (AvgIpc) is 3.38. The van der Waals surface area contributed by atoms with E-state index in [4.69, 9.17) is 17.3 Å². The van der Waals surface area contributed by atoms with Crippen LogP contribution in [0.1, 0.15) is 33.0 Å². The first kappa shape index (κ1) is 19.0. The van der Waals surface area contributed by atoms with Crippen LogP contribution in [0.3, 0.4) is 0 Å². The molecule has 2 fully saturated rings. The van der Waals surface area contributed by atoms with E-state index in [9.17, 15) is 9.59 Å². The van der Waals surface area contributed by atoms with Crippen LogP contribution in [0.2, 0.25) is 5.02 Å². The van der Waals surface area contributed by atoms with Gasteiger partial charge >= 0.3 is 0 Å². The fourth-order valence-electron chi connectivity index (χ4n) is 3.64. The molecule has 3 heterocycles. The number of anilines is 2. The van der Waals surface area contributed by atoms with Gasteiger partial charge in [-0.1, -0.05) is 11.6 Å². The van der Waals surface area contributed by atoms with E-state index in [1.807, 2.05) is 24.3 Å². The lowest BCUT2D eigenvalue weighted by Crippen LogP contribution is -2.48. The third kappa shape index (κ3) is 3.66. The topological polar surface area (TPSA) is 82.8 Å². The molecule has 2 N–H and O–H groups in total.